The van der Waals surface area contributed by atoms with Gasteiger partial charge in [-0.2, -0.15) is 0 Å². The molecule has 4 nitrogen and oxygen atoms in total. The van der Waals surface area contributed by atoms with Gasteiger partial charge < -0.3 is 9.80 Å². The maximum Gasteiger partial charge on any atom is 0.241 e. The zero-order chi connectivity index (χ0) is 9.56. The van der Waals surface area contributed by atoms with Crippen molar-refractivity contribution in [1.82, 2.24) is 9.80 Å². The van der Waals surface area contributed by atoms with E-state index < -0.39 is 0 Å². The van der Waals surface area contributed by atoms with E-state index in [1.165, 1.54) is 0 Å². The van der Waals surface area contributed by atoms with Crippen molar-refractivity contribution in [3.8, 4) is 0 Å². The first-order chi connectivity index (χ1) is 5.57. The molecule has 0 N–H and O–H groups in total. The third kappa shape index (κ3) is 4.71. The van der Waals surface area contributed by atoms with Crippen LogP contribution in [-0.4, -0.2) is 56.3 Å². The Morgan fingerprint density at radius 2 is 2.00 bits per heavy atom. The molecule has 0 aliphatic carbocycles. The van der Waals surface area contributed by atoms with Gasteiger partial charge in [0.2, 0.25) is 5.91 Å². The molecule has 12 heavy (non-hydrogen) atoms. The topological polar surface area (TPSA) is 35.9 Å². The van der Waals surface area contributed by atoms with E-state index in [-0.39, 0.29) is 5.91 Å². The van der Waals surface area contributed by atoms with E-state index in [2.05, 4.69) is 4.99 Å². The summed E-state index contributed by atoms with van der Waals surface area (Å²) in [6, 6.07) is 0. The fraction of sp³-hybridized carbons (Fsp3) is 0.750. The van der Waals surface area contributed by atoms with Gasteiger partial charge >= 0.3 is 0 Å². The summed E-state index contributed by atoms with van der Waals surface area (Å²) in [5, 5.41) is 0. The summed E-state index contributed by atoms with van der Waals surface area (Å²) in [5.41, 5.74) is 0. The number of rotatable bonds is 4. The van der Waals surface area contributed by atoms with E-state index in [1.54, 1.807) is 30.2 Å². The second-order valence-electron chi connectivity index (χ2n) is 2.82. The van der Waals surface area contributed by atoms with Gasteiger partial charge in [-0.05, 0) is 6.92 Å². The monoisotopic (exact) mass is 171 g/mol. The molecule has 0 bridgehead atoms. The first-order valence-electron chi connectivity index (χ1n) is 3.98. The minimum absolute atomic E-state index is 0.0834. The van der Waals surface area contributed by atoms with Crippen LogP contribution in [0.5, 0.6) is 0 Å². The summed E-state index contributed by atoms with van der Waals surface area (Å²) in [5.74, 6) is 0.0834. The molecule has 0 aliphatic rings. The molecule has 1 amide bonds. The minimum atomic E-state index is 0.0834. The zero-order valence-corrected chi connectivity index (χ0v) is 8.24. The van der Waals surface area contributed by atoms with Gasteiger partial charge in [0.25, 0.3) is 0 Å². The predicted molar refractivity (Wildman–Crippen MR) is 50.4 cm³/mol. The van der Waals surface area contributed by atoms with E-state index in [9.17, 15) is 4.79 Å². The number of carbonyl (C=O) groups excluding carboxylic acids is 1. The molecule has 0 saturated carbocycles. The van der Waals surface area contributed by atoms with Crippen LogP contribution >= 0.6 is 0 Å². The van der Waals surface area contributed by atoms with Crippen LogP contribution in [-0.2, 0) is 4.79 Å². The van der Waals surface area contributed by atoms with E-state index in [1.807, 2.05) is 14.0 Å². The average Bonchev–Trinajstić information content (AvgIpc) is 2.00. The van der Waals surface area contributed by atoms with Gasteiger partial charge in [-0.1, -0.05) is 0 Å². The molecule has 4 heteroatoms. The second-order valence-corrected chi connectivity index (χ2v) is 2.82. The molecule has 0 atom stereocenters. The number of likely N-dealkylation sites (N-methyl/N-ethyl adjacent to an activating group) is 2. The molecular formula is C8H17N3O. The van der Waals surface area contributed by atoms with Crippen LogP contribution in [0.2, 0.25) is 0 Å². The molecule has 0 unspecified atom stereocenters. The zero-order valence-electron chi connectivity index (χ0n) is 8.24. The first kappa shape index (κ1) is 10.9. The summed E-state index contributed by atoms with van der Waals surface area (Å²) in [6.07, 6.45) is 1.68. The van der Waals surface area contributed by atoms with Gasteiger partial charge in [0, 0.05) is 27.7 Å². The van der Waals surface area contributed by atoms with Gasteiger partial charge in [-0.3, -0.25) is 9.79 Å². The number of aliphatic imine (C=N–C) groups is 1. The molecule has 0 saturated heterocycles. The van der Waals surface area contributed by atoms with Gasteiger partial charge in [0.15, 0.2) is 0 Å². The highest BCUT2D eigenvalue weighted by atomic mass is 16.2. The largest absolute Gasteiger partial charge is 0.357 e. The van der Waals surface area contributed by atoms with E-state index in [4.69, 9.17) is 0 Å². The molecule has 0 heterocycles. The van der Waals surface area contributed by atoms with Gasteiger partial charge in [-0.15, -0.1) is 0 Å². The van der Waals surface area contributed by atoms with Crippen LogP contribution in [0.4, 0.5) is 0 Å². The Labute approximate surface area is 73.9 Å². The van der Waals surface area contributed by atoms with Crippen molar-refractivity contribution in [1.29, 1.82) is 0 Å². The molecule has 0 aromatic heterocycles. The highest BCUT2D eigenvalue weighted by Gasteiger charge is 2.04. The third-order valence-electron chi connectivity index (χ3n) is 1.34. The maximum absolute atomic E-state index is 11.1. The molecule has 0 fully saturated rings. The number of carbonyl (C=O) groups is 1. The first-order valence-corrected chi connectivity index (χ1v) is 3.98. The molecule has 0 spiro atoms. The number of nitrogens with zero attached hydrogens (tertiary/aromatic N) is 3. The van der Waals surface area contributed by atoms with Crippen molar-refractivity contribution in [2.24, 2.45) is 4.99 Å². The lowest BCUT2D eigenvalue weighted by Gasteiger charge is -2.15. The molecule has 0 aliphatic heterocycles. The molecule has 0 radical (unpaired) electrons. The van der Waals surface area contributed by atoms with Crippen molar-refractivity contribution in [3.63, 3.8) is 0 Å². The quantitative estimate of drug-likeness (QED) is 0.443. The maximum atomic E-state index is 11.1. The van der Waals surface area contributed by atoms with Crippen LogP contribution in [0.25, 0.3) is 0 Å². The Morgan fingerprint density at radius 3 is 2.42 bits per heavy atom. The van der Waals surface area contributed by atoms with Gasteiger partial charge in [-0.25, -0.2) is 0 Å². The molecule has 0 aromatic carbocycles. The van der Waals surface area contributed by atoms with Crippen LogP contribution in [0.1, 0.15) is 6.92 Å². The molecule has 0 rings (SSSR count). The fourth-order valence-corrected chi connectivity index (χ4v) is 0.617. The number of amides is 1. The Kier molecular flexibility index (Phi) is 5.08. The van der Waals surface area contributed by atoms with Crippen LogP contribution in [0.15, 0.2) is 4.99 Å². The molecule has 70 valence electrons. The van der Waals surface area contributed by atoms with Gasteiger partial charge in [0.05, 0.1) is 12.9 Å². The fourth-order valence-electron chi connectivity index (χ4n) is 0.617. The lowest BCUT2D eigenvalue weighted by molar-refractivity contribution is -0.128. The van der Waals surface area contributed by atoms with Crippen LogP contribution in [0, 0.1) is 0 Å². The van der Waals surface area contributed by atoms with Crippen molar-refractivity contribution in [2.45, 2.75) is 6.92 Å². The van der Waals surface area contributed by atoms with E-state index in [0.717, 1.165) is 6.54 Å². The smallest absolute Gasteiger partial charge is 0.241 e. The Morgan fingerprint density at radius 1 is 1.42 bits per heavy atom. The highest BCUT2D eigenvalue weighted by molar-refractivity contribution is 5.79. The SMILES string of the molecule is CCN=CN(C)CC(=O)N(C)C. The molecular weight excluding hydrogens is 154 g/mol. The normalized spacial score (nSPS) is 10.3. The third-order valence-corrected chi connectivity index (χ3v) is 1.34. The van der Waals surface area contributed by atoms with Crippen molar-refractivity contribution in [3.05, 3.63) is 0 Å². The lowest BCUT2D eigenvalue weighted by Crippen LogP contribution is -2.33. The average molecular weight is 171 g/mol. The minimum Gasteiger partial charge on any atom is -0.357 e. The van der Waals surface area contributed by atoms with E-state index >= 15 is 0 Å². The van der Waals surface area contributed by atoms with Crippen molar-refractivity contribution >= 4 is 12.2 Å². The number of hydrogen-bond acceptors (Lipinski definition) is 2. The van der Waals surface area contributed by atoms with Crippen molar-refractivity contribution < 1.29 is 4.79 Å². The van der Waals surface area contributed by atoms with Gasteiger partial charge in [0.1, 0.15) is 0 Å². The standard InChI is InChI=1S/C8H17N3O/c1-5-9-7-11(4)6-8(12)10(2)3/h7H,5-6H2,1-4H3. The summed E-state index contributed by atoms with van der Waals surface area (Å²) in [7, 11) is 5.32. The molecule has 0 aromatic rings. The Balaban J connectivity index is 3.76. The summed E-state index contributed by atoms with van der Waals surface area (Å²) < 4.78 is 0. The van der Waals surface area contributed by atoms with E-state index in [0.29, 0.717) is 6.54 Å². The lowest BCUT2D eigenvalue weighted by atomic mass is 10.5. The predicted octanol–water partition coefficient (Wildman–Crippen LogP) is 0.0546. The summed E-state index contributed by atoms with van der Waals surface area (Å²) in [6.45, 7) is 3.09. The Bertz CT molecular complexity index is 166. The van der Waals surface area contributed by atoms with Crippen LogP contribution in [0.3, 0.4) is 0 Å². The van der Waals surface area contributed by atoms with Crippen molar-refractivity contribution in [2.75, 3.05) is 34.2 Å². The second kappa shape index (κ2) is 5.57. The Hall–Kier alpha value is -1.06. The summed E-state index contributed by atoms with van der Waals surface area (Å²) >= 11 is 0. The number of hydrogen-bond donors (Lipinski definition) is 0. The summed E-state index contributed by atoms with van der Waals surface area (Å²) in [4.78, 5) is 18.5. The highest BCUT2D eigenvalue weighted by Crippen LogP contribution is 1.83. The van der Waals surface area contributed by atoms with Crippen LogP contribution < -0.4 is 0 Å².